The van der Waals surface area contributed by atoms with Gasteiger partial charge in [0.25, 0.3) is 5.91 Å². The number of primary amides is 1. The van der Waals surface area contributed by atoms with E-state index in [0.717, 1.165) is 13.8 Å². The molecule has 4 rings (SSSR count). The molecule has 59 heavy (non-hydrogen) atoms. The number of benzene rings is 1. The lowest BCUT2D eigenvalue weighted by Crippen LogP contribution is -2.70. The lowest BCUT2D eigenvalue weighted by atomic mass is 9.94. The minimum atomic E-state index is -2.05. The van der Waals surface area contributed by atoms with E-state index in [2.05, 4.69) is 16.0 Å². The van der Waals surface area contributed by atoms with Crippen molar-refractivity contribution >= 4 is 23.4 Å². The second-order valence-corrected chi connectivity index (χ2v) is 14.5. The molecule has 0 bridgehead atoms. The molecule has 0 spiro atoms. The summed E-state index contributed by atoms with van der Waals surface area (Å²) in [6, 6.07) is 2.95. The van der Waals surface area contributed by atoms with E-state index in [4.69, 9.17) is 34.2 Å². The van der Waals surface area contributed by atoms with E-state index in [-0.39, 0.29) is 17.8 Å². The number of rotatable bonds is 18. The summed E-state index contributed by atoms with van der Waals surface area (Å²) in [5.74, 6) is -2.29. The number of carbonyl (C=O) groups excluding carboxylic acids is 3. The fourth-order valence-corrected chi connectivity index (χ4v) is 6.96. The number of aliphatic hydroxyl groups is 11. The Hall–Kier alpha value is -3.25. The zero-order chi connectivity index (χ0) is 43.9. The van der Waals surface area contributed by atoms with Crippen LogP contribution in [0.5, 0.6) is 0 Å². The fraction of sp³-hybridized carbons (Fsp3) is 0.743. The highest BCUT2D eigenvalue weighted by Crippen LogP contribution is 2.34. The maximum absolute atomic E-state index is 12.7. The van der Waals surface area contributed by atoms with Gasteiger partial charge in [0.1, 0.15) is 85.4 Å². The van der Waals surface area contributed by atoms with Crippen LogP contribution >= 0.6 is 0 Å². The molecule has 24 nitrogen and oxygen atoms in total. The van der Waals surface area contributed by atoms with Gasteiger partial charge in [-0.3, -0.25) is 14.4 Å². The normalized spacial score (nSPS) is 37.1. The number of nitrogens with one attached hydrogen (secondary N) is 3. The van der Waals surface area contributed by atoms with Gasteiger partial charge in [-0.15, -0.1) is 0 Å². The van der Waals surface area contributed by atoms with Gasteiger partial charge in [0, 0.05) is 26.1 Å². The number of ether oxygens (including phenoxy) is 6. The Kier molecular flexibility index (Phi) is 17.7. The number of hydrogen-bond donors (Lipinski definition) is 15. The van der Waals surface area contributed by atoms with Crippen molar-refractivity contribution in [1.82, 2.24) is 10.6 Å². The summed E-state index contributed by atoms with van der Waals surface area (Å²) >= 11 is 0. The van der Waals surface area contributed by atoms with Crippen molar-refractivity contribution in [2.75, 3.05) is 31.7 Å². The average Bonchev–Trinajstić information content (AvgIpc) is 3.20. The second kappa shape index (κ2) is 21.5. The van der Waals surface area contributed by atoms with Gasteiger partial charge < -0.3 is 106 Å². The van der Waals surface area contributed by atoms with Crippen LogP contribution in [0.2, 0.25) is 0 Å². The van der Waals surface area contributed by atoms with Gasteiger partial charge in [-0.2, -0.15) is 0 Å². The number of anilines is 1. The Bertz CT molecular complexity index is 1530. The summed E-state index contributed by atoms with van der Waals surface area (Å²) < 4.78 is 35.1. The number of aliphatic hydroxyl groups excluding tert-OH is 11. The van der Waals surface area contributed by atoms with Crippen molar-refractivity contribution in [2.45, 2.75) is 137 Å². The van der Waals surface area contributed by atoms with Crippen molar-refractivity contribution in [1.29, 1.82) is 0 Å². The first-order valence-electron chi connectivity index (χ1n) is 18.7. The fourth-order valence-electron chi connectivity index (χ4n) is 6.96. The molecule has 3 aliphatic rings. The summed E-state index contributed by atoms with van der Waals surface area (Å²) in [4.78, 5) is 37.3. The molecule has 0 radical (unpaired) electrons. The Morgan fingerprint density at radius 3 is 1.97 bits per heavy atom. The van der Waals surface area contributed by atoms with E-state index in [0.29, 0.717) is 0 Å². The van der Waals surface area contributed by atoms with E-state index >= 15 is 0 Å². The predicted octanol–water partition coefficient (Wildman–Crippen LogP) is -7.58. The van der Waals surface area contributed by atoms with Crippen molar-refractivity contribution in [2.24, 2.45) is 5.73 Å². The zero-order valence-electron chi connectivity index (χ0n) is 32.3. The van der Waals surface area contributed by atoms with Crippen LogP contribution in [0.3, 0.4) is 0 Å². The van der Waals surface area contributed by atoms with Gasteiger partial charge in [0.15, 0.2) is 18.9 Å². The molecule has 24 heteroatoms. The summed E-state index contributed by atoms with van der Waals surface area (Å²) in [5.41, 5.74) is 5.74. The van der Waals surface area contributed by atoms with Crippen molar-refractivity contribution in [3.05, 3.63) is 29.8 Å². The second-order valence-electron chi connectivity index (χ2n) is 14.5. The number of carbonyl (C=O) groups is 3. The van der Waals surface area contributed by atoms with Crippen LogP contribution in [0.15, 0.2) is 24.3 Å². The standard InChI is InChI=1S/C35H56N4O20/c1-12-22(46)26(50)28(52)34(54-12)59-31-27(51)24(48)19(10-41)56-35(31)58-30-21(39-14(3)44)33(55-20(11-42)25(30)49)57-29(23(47)18(45)9-40)17(38-13(2)43)8-37-16-7-5-4-6-15(16)32(36)53/h4-7,12,17-31,33-35,37,40-42,45-52H,8-11H2,1-3H3,(H2,36,53)(H,38,43)(H,39,44)/t12-,17-,18+,19+,20+,21+,22+,23-,24-,25-,26+,27-,28-,29+,30+,31+,33+,34-,35-/m0/s1. The predicted molar refractivity (Wildman–Crippen MR) is 194 cm³/mol. The summed E-state index contributed by atoms with van der Waals surface area (Å²) in [7, 11) is 0. The largest absolute Gasteiger partial charge is 0.394 e. The van der Waals surface area contributed by atoms with Crippen LogP contribution in [-0.4, -0.2) is 217 Å². The summed E-state index contributed by atoms with van der Waals surface area (Å²) in [6.07, 6.45) is -30.5. The van der Waals surface area contributed by atoms with E-state index in [9.17, 15) is 70.6 Å². The Labute approximate surface area is 337 Å². The van der Waals surface area contributed by atoms with Crippen LogP contribution in [0, 0.1) is 0 Å². The van der Waals surface area contributed by atoms with Crippen LogP contribution in [-0.2, 0) is 38.0 Å². The topological polar surface area (TPSA) is 391 Å². The lowest BCUT2D eigenvalue weighted by Gasteiger charge is -2.50. The molecular weight excluding hydrogens is 796 g/mol. The molecule has 1 aromatic carbocycles. The van der Waals surface area contributed by atoms with Crippen molar-refractivity contribution < 1.29 is 99.0 Å². The van der Waals surface area contributed by atoms with Crippen LogP contribution in [0.25, 0.3) is 0 Å². The number of amides is 3. The molecule has 16 N–H and O–H groups in total. The Balaban J connectivity index is 1.73. The first-order chi connectivity index (χ1) is 27.8. The van der Waals surface area contributed by atoms with E-state index in [1.54, 1.807) is 12.1 Å². The van der Waals surface area contributed by atoms with Gasteiger partial charge in [0.2, 0.25) is 11.8 Å². The van der Waals surface area contributed by atoms with Crippen LogP contribution in [0.4, 0.5) is 5.69 Å². The molecular formula is C35H56N4O20. The minimum Gasteiger partial charge on any atom is -0.394 e. The zero-order valence-corrected chi connectivity index (χ0v) is 32.3. The molecule has 3 aliphatic heterocycles. The SMILES string of the molecule is CC(=O)N[C@H]1[C@@H](O[C@@H]([C@@H](O)[C@H](O)CO)[C@H](CNc2ccccc2C(N)=O)NC(C)=O)O[C@H](CO)[C@H](O)[C@@H]1O[C@@H]1O[C@H](CO)[C@H](O)[C@H](O)[C@H]1O[C@@H]1O[C@@H](C)[C@@H](O)[C@@H](O)[C@@H]1O. The van der Waals surface area contributed by atoms with Gasteiger partial charge in [0.05, 0.1) is 37.5 Å². The van der Waals surface area contributed by atoms with Crippen LogP contribution in [0.1, 0.15) is 31.1 Å². The first-order valence-corrected chi connectivity index (χ1v) is 18.7. The van der Waals surface area contributed by atoms with E-state index < -0.39 is 154 Å². The third-order valence-electron chi connectivity index (χ3n) is 10.1. The molecule has 3 saturated heterocycles. The van der Waals surface area contributed by atoms with Gasteiger partial charge in [-0.25, -0.2) is 0 Å². The highest BCUT2D eigenvalue weighted by molar-refractivity contribution is 5.98. The molecule has 0 unspecified atom stereocenters. The van der Waals surface area contributed by atoms with Crippen molar-refractivity contribution in [3.8, 4) is 0 Å². The molecule has 3 amide bonds. The highest BCUT2D eigenvalue weighted by atomic mass is 16.8. The number of nitrogens with two attached hydrogens (primary N) is 1. The molecule has 3 fully saturated rings. The Morgan fingerprint density at radius 1 is 0.763 bits per heavy atom. The molecule has 0 aromatic heterocycles. The van der Waals surface area contributed by atoms with Gasteiger partial charge in [-0.05, 0) is 19.1 Å². The molecule has 336 valence electrons. The van der Waals surface area contributed by atoms with Crippen LogP contribution < -0.4 is 21.7 Å². The smallest absolute Gasteiger partial charge is 0.250 e. The Morgan fingerprint density at radius 2 is 1.37 bits per heavy atom. The molecule has 0 saturated carbocycles. The third kappa shape index (κ3) is 11.6. The van der Waals surface area contributed by atoms with Gasteiger partial charge >= 0.3 is 0 Å². The maximum atomic E-state index is 12.7. The third-order valence-corrected chi connectivity index (χ3v) is 10.1. The maximum Gasteiger partial charge on any atom is 0.250 e. The lowest BCUT2D eigenvalue weighted by molar-refractivity contribution is -0.382. The quantitative estimate of drug-likeness (QED) is 0.0652. The molecule has 3 heterocycles. The monoisotopic (exact) mass is 852 g/mol. The molecule has 19 atom stereocenters. The van der Waals surface area contributed by atoms with Gasteiger partial charge in [-0.1, -0.05) is 12.1 Å². The first kappa shape index (κ1) is 48.4. The minimum absolute atomic E-state index is 0.0460. The highest BCUT2D eigenvalue weighted by Gasteiger charge is 2.55. The number of para-hydroxylation sites is 1. The van der Waals surface area contributed by atoms with E-state index in [1.165, 1.54) is 19.1 Å². The summed E-state index contributed by atoms with van der Waals surface area (Å²) in [5, 5.41) is 125. The molecule has 1 aromatic rings. The summed E-state index contributed by atoms with van der Waals surface area (Å²) in [6.45, 7) is 0.276. The average molecular weight is 853 g/mol. The number of hydrogen-bond acceptors (Lipinski definition) is 21. The van der Waals surface area contributed by atoms with E-state index in [1.807, 2.05) is 0 Å². The van der Waals surface area contributed by atoms with Crippen molar-refractivity contribution in [3.63, 3.8) is 0 Å². The molecule has 0 aliphatic carbocycles.